The van der Waals surface area contributed by atoms with E-state index in [0.29, 0.717) is 19.8 Å². The van der Waals surface area contributed by atoms with E-state index >= 15 is 0 Å². The van der Waals surface area contributed by atoms with Gasteiger partial charge in [-0.3, -0.25) is 0 Å². The molecule has 0 saturated carbocycles. The van der Waals surface area contributed by atoms with E-state index in [9.17, 15) is 0 Å². The van der Waals surface area contributed by atoms with Crippen molar-refractivity contribution in [1.29, 1.82) is 0 Å². The summed E-state index contributed by atoms with van der Waals surface area (Å²) in [4.78, 5) is 0. The van der Waals surface area contributed by atoms with E-state index in [1.54, 1.807) is 0 Å². The fourth-order valence-corrected chi connectivity index (χ4v) is 2.05. The Morgan fingerprint density at radius 1 is 1.31 bits per heavy atom. The summed E-state index contributed by atoms with van der Waals surface area (Å²) in [6.07, 6.45) is -0.0192. The first-order chi connectivity index (χ1) is 7.70. The van der Waals surface area contributed by atoms with E-state index in [-0.39, 0.29) is 12.1 Å². The van der Waals surface area contributed by atoms with Gasteiger partial charge in [0.15, 0.2) is 0 Å². The summed E-state index contributed by atoms with van der Waals surface area (Å²) in [6, 6.07) is 6.12. The summed E-state index contributed by atoms with van der Waals surface area (Å²) in [6.45, 7) is 6.12. The van der Waals surface area contributed by atoms with E-state index in [0.717, 1.165) is 5.56 Å². The van der Waals surface area contributed by atoms with Crippen molar-refractivity contribution in [3.63, 3.8) is 0 Å². The van der Waals surface area contributed by atoms with Gasteiger partial charge < -0.3 is 15.2 Å². The molecular weight excluding hydrogens is 202 g/mol. The van der Waals surface area contributed by atoms with Crippen LogP contribution in [0.3, 0.4) is 0 Å². The molecular formula is C13H19NO2. The molecule has 2 rings (SSSR count). The van der Waals surface area contributed by atoms with Gasteiger partial charge in [0.1, 0.15) is 6.10 Å². The molecule has 2 atom stereocenters. The zero-order valence-corrected chi connectivity index (χ0v) is 9.90. The minimum atomic E-state index is -0.0970. The number of nitrogens with two attached hydrogens (primary N) is 1. The second kappa shape index (κ2) is 4.95. The maximum atomic E-state index is 6.23. The van der Waals surface area contributed by atoms with Gasteiger partial charge >= 0.3 is 0 Å². The summed E-state index contributed by atoms with van der Waals surface area (Å²) < 4.78 is 11.0. The van der Waals surface area contributed by atoms with Crippen molar-refractivity contribution in [2.45, 2.75) is 26.0 Å². The fraction of sp³-hybridized carbons (Fsp3) is 0.538. The van der Waals surface area contributed by atoms with E-state index in [1.165, 1.54) is 11.1 Å². The average Bonchev–Trinajstić information content (AvgIpc) is 2.33. The number of rotatable bonds is 2. The summed E-state index contributed by atoms with van der Waals surface area (Å²) >= 11 is 0. The van der Waals surface area contributed by atoms with Crippen LogP contribution >= 0.6 is 0 Å². The van der Waals surface area contributed by atoms with Crippen LogP contribution < -0.4 is 5.73 Å². The third-order valence-corrected chi connectivity index (χ3v) is 3.25. The van der Waals surface area contributed by atoms with E-state index < -0.39 is 0 Å². The first kappa shape index (κ1) is 11.6. The number of benzene rings is 1. The van der Waals surface area contributed by atoms with Crippen molar-refractivity contribution in [3.8, 4) is 0 Å². The highest BCUT2D eigenvalue weighted by Crippen LogP contribution is 2.24. The zero-order chi connectivity index (χ0) is 11.5. The minimum absolute atomic E-state index is 0.0192. The Hall–Kier alpha value is -0.900. The monoisotopic (exact) mass is 221 g/mol. The lowest BCUT2D eigenvalue weighted by Gasteiger charge is -2.29. The van der Waals surface area contributed by atoms with Gasteiger partial charge in [-0.05, 0) is 30.5 Å². The van der Waals surface area contributed by atoms with Crippen LogP contribution in [0.25, 0.3) is 0 Å². The predicted molar refractivity (Wildman–Crippen MR) is 63.4 cm³/mol. The van der Waals surface area contributed by atoms with Crippen LogP contribution in [0, 0.1) is 13.8 Å². The first-order valence-corrected chi connectivity index (χ1v) is 5.71. The fourth-order valence-electron chi connectivity index (χ4n) is 2.05. The molecule has 1 aliphatic rings. The normalized spacial score (nSPS) is 23.1. The lowest BCUT2D eigenvalue weighted by atomic mass is 9.95. The largest absolute Gasteiger partial charge is 0.376 e. The molecule has 0 radical (unpaired) electrons. The van der Waals surface area contributed by atoms with Gasteiger partial charge in [-0.1, -0.05) is 18.2 Å². The third kappa shape index (κ3) is 2.26. The third-order valence-electron chi connectivity index (χ3n) is 3.25. The van der Waals surface area contributed by atoms with Gasteiger partial charge in [-0.15, -0.1) is 0 Å². The van der Waals surface area contributed by atoms with Crippen LogP contribution in [-0.4, -0.2) is 25.9 Å². The average molecular weight is 221 g/mol. The molecule has 3 nitrogen and oxygen atoms in total. The highest BCUT2D eigenvalue weighted by atomic mass is 16.6. The molecule has 1 aromatic rings. The molecule has 0 amide bonds. The number of ether oxygens (including phenoxy) is 2. The molecule has 1 heterocycles. The number of hydrogen-bond acceptors (Lipinski definition) is 3. The van der Waals surface area contributed by atoms with Gasteiger partial charge in [0.05, 0.1) is 25.9 Å². The Bertz CT molecular complexity index is 359. The number of hydrogen-bond donors (Lipinski definition) is 1. The maximum Gasteiger partial charge on any atom is 0.100 e. The quantitative estimate of drug-likeness (QED) is 0.827. The van der Waals surface area contributed by atoms with Gasteiger partial charge in [0.25, 0.3) is 0 Å². The standard InChI is InChI=1S/C13H19NO2/c1-9-4-3-5-11(10(9)2)13(14)12-8-15-6-7-16-12/h3-5,12-13H,6-8,14H2,1-2H3. The van der Waals surface area contributed by atoms with Gasteiger partial charge in [0.2, 0.25) is 0 Å². The van der Waals surface area contributed by atoms with Crippen molar-refractivity contribution in [3.05, 3.63) is 34.9 Å². The highest BCUT2D eigenvalue weighted by Gasteiger charge is 2.24. The molecule has 1 aliphatic heterocycles. The summed E-state index contributed by atoms with van der Waals surface area (Å²) in [5.41, 5.74) is 9.92. The molecule has 2 unspecified atom stereocenters. The predicted octanol–water partition coefficient (Wildman–Crippen LogP) is 1.72. The van der Waals surface area contributed by atoms with Crippen molar-refractivity contribution in [2.24, 2.45) is 5.73 Å². The molecule has 1 aromatic carbocycles. The van der Waals surface area contributed by atoms with Crippen molar-refractivity contribution in [1.82, 2.24) is 0 Å². The molecule has 2 N–H and O–H groups in total. The second-order valence-corrected chi connectivity index (χ2v) is 4.30. The molecule has 0 aromatic heterocycles. The summed E-state index contributed by atoms with van der Waals surface area (Å²) in [5.74, 6) is 0. The lowest BCUT2D eigenvalue weighted by Crippen LogP contribution is -2.38. The summed E-state index contributed by atoms with van der Waals surface area (Å²) in [5, 5.41) is 0. The van der Waals surface area contributed by atoms with Crippen molar-refractivity contribution < 1.29 is 9.47 Å². The lowest BCUT2D eigenvalue weighted by molar-refractivity contribution is -0.0976. The Morgan fingerprint density at radius 3 is 2.81 bits per heavy atom. The molecule has 1 fully saturated rings. The van der Waals surface area contributed by atoms with Crippen LogP contribution in [0.1, 0.15) is 22.7 Å². The molecule has 16 heavy (non-hydrogen) atoms. The van der Waals surface area contributed by atoms with E-state index in [4.69, 9.17) is 15.2 Å². The van der Waals surface area contributed by atoms with Gasteiger partial charge in [-0.25, -0.2) is 0 Å². The molecule has 3 heteroatoms. The van der Waals surface area contributed by atoms with E-state index in [2.05, 4.69) is 26.0 Å². The highest BCUT2D eigenvalue weighted by molar-refractivity contribution is 5.35. The van der Waals surface area contributed by atoms with Crippen LogP contribution in [0.15, 0.2) is 18.2 Å². The van der Waals surface area contributed by atoms with Crippen LogP contribution in [0.2, 0.25) is 0 Å². The second-order valence-electron chi connectivity index (χ2n) is 4.30. The minimum Gasteiger partial charge on any atom is -0.376 e. The Morgan fingerprint density at radius 2 is 2.12 bits per heavy atom. The number of aryl methyl sites for hydroxylation is 1. The molecule has 1 saturated heterocycles. The Kier molecular flexibility index (Phi) is 3.59. The van der Waals surface area contributed by atoms with Crippen LogP contribution in [0.5, 0.6) is 0 Å². The van der Waals surface area contributed by atoms with Crippen molar-refractivity contribution >= 4 is 0 Å². The van der Waals surface area contributed by atoms with E-state index in [1.807, 2.05) is 6.07 Å². The Balaban J connectivity index is 2.19. The van der Waals surface area contributed by atoms with Gasteiger partial charge in [0, 0.05) is 0 Å². The first-order valence-electron chi connectivity index (χ1n) is 5.71. The molecule has 0 spiro atoms. The maximum absolute atomic E-state index is 6.23. The molecule has 88 valence electrons. The van der Waals surface area contributed by atoms with Crippen molar-refractivity contribution in [2.75, 3.05) is 19.8 Å². The molecule has 0 bridgehead atoms. The molecule has 0 aliphatic carbocycles. The SMILES string of the molecule is Cc1cccc(C(N)C2COCCO2)c1C. The van der Waals surface area contributed by atoms with Crippen LogP contribution in [0.4, 0.5) is 0 Å². The smallest absolute Gasteiger partial charge is 0.100 e. The van der Waals surface area contributed by atoms with Crippen LogP contribution in [-0.2, 0) is 9.47 Å². The topological polar surface area (TPSA) is 44.5 Å². The zero-order valence-electron chi connectivity index (χ0n) is 9.90. The Labute approximate surface area is 96.5 Å². The van der Waals surface area contributed by atoms with Gasteiger partial charge in [-0.2, -0.15) is 0 Å². The summed E-state index contributed by atoms with van der Waals surface area (Å²) in [7, 11) is 0.